The molecule has 0 aromatic carbocycles. The minimum atomic E-state index is -0.251. The van der Waals surface area contributed by atoms with E-state index in [1.54, 1.807) is 6.20 Å². The third-order valence-corrected chi connectivity index (χ3v) is 3.42. The van der Waals surface area contributed by atoms with Gasteiger partial charge in [0.2, 0.25) is 0 Å². The van der Waals surface area contributed by atoms with Crippen LogP contribution in [0.2, 0.25) is 0 Å². The number of pyridine rings is 1. The van der Waals surface area contributed by atoms with Gasteiger partial charge in [-0.1, -0.05) is 0 Å². The number of nitrogens with zero attached hydrogens (tertiary/aromatic N) is 2. The first-order valence-corrected chi connectivity index (χ1v) is 6.68. The van der Waals surface area contributed by atoms with E-state index in [1.165, 1.54) is 6.92 Å². The maximum absolute atomic E-state index is 10.9. The van der Waals surface area contributed by atoms with Crippen LogP contribution in [0.15, 0.2) is 16.7 Å². The van der Waals surface area contributed by atoms with Gasteiger partial charge in [-0.05, 0) is 34.8 Å². The molecule has 1 atom stereocenters. The number of carbonyl (C=O) groups excluding carboxylic acids is 1. The van der Waals surface area contributed by atoms with Crippen LogP contribution in [-0.2, 0) is 9.53 Å². The van der Waals surface area contributed by atoms with Crippen LogP contribution in [0.25, 0.3) is 0 Å². The lowest BCUT2D eigenvalue weighted by atomic mass is 10.2. The van der Waals surface area contributed by atoms with Gasteiger partial charge in [0, 0.05) is 24.1 Å². The Bertz CT molecular complexity index is 453. The van der Waals surface area contributed by atoms with Crippen LogP contribution < -0.4 is 10.6 Å². The number of esters is 1. The van der Waals surface area contributed by atoms with Crippen molar-refractivity contribution in [3.8, 4) is 0 Å². The highest BCUT2D eigenvalue weighted by Crippen LogP contribution is 2.30. The zero-order valence-electron chi connectivity index (χ0n) is 10.2. The van der Waals surface area contributed by atoms with E-state index in [0.717, 1.165) is 29.7 Å². The van der Waals surface area contributed by atoms with Gasteiger partial charge in [0.1, 0.15) is 6.61 Å². The number of hydrogen-bond acceptors (Lipinski definition) is 5. The van der Waals surface area contributed by atoms with E-state index in [4.69, 9.17) is 10.5 Å². The molecule has 1 fully saturated rings. The molecule has 98 valence electrons. The number of rotatable bonds is 3. The first-order valence-electron chi connectivity index (χ1n) is 5.89. The van der Waals surface area contributed by atoms with E-state index in [9.17, 15) is 4.79 Å². The van der Waals surface area contributed by atoms with Gasteiger partial charge in [-0.2, -0.15) is 0 Å². The number of aromatic nitrogens is 1. The highest BCUT2D eigenvalue weighted by Gasteiger charge is 2.27. The molecule has 0 aliphatic carbocycles. The SMILES string of the molecule is CC(=O)OCC1CCCN1c1ncc(Br)cc1N. The summed E-state index contributed by atoms with van der Waals surface area (Å²) >= 11 is 3.34. The van der Waals surface area contributed by atoms with Crippen molar-refractivity contribution in [2.75, 3.05) is 23.8 Å². The number of anilines is 2. The molecule has 2 rings (SSSR count). The predicted molar refractivity (Wildman–Crippen MR) is 73.4 cm³/mol. The highest BCUT2D eigenvalue weighted by atomic mass is 79.9. The summed E-state index contributed by atoms with van der Waals surface area (Å²) in [6.07, 6.45) is 3.78. The molecule has 0 radical (unpaired) electrons. The molecular formula is C12H16BrN3O2. The number of hydrogen-bond donors (Lipinski definition) is 1. The van der Waals surface area contributed by atoms with Gasteiger partial charge < -0.3 is 15.4 Å². The second-order valence-electron chi connectivity index (χ2n) is 4.36. The van der Waals surface area contributed by atoms with E-state index < -0.39 is 0 Å². The molecule has 18 heavy (non-hydrogen) atoms. The fourth-order valence-corrected chi connectivity index (χ4v) is 2.54. The molecule has 1 aromatic heterocycles. The monoisotopic (exact) mass is 313 g/mol. The zero-order valence-corrected chi connectivity index (χ0v) is 11.8. The number of carbonyl (C=O) groups is 1. The molecule has 2 N–H and O–H groups in total. The number of nitrogens with two attached hydrogens (primary N) is 1. The molecule has 0 spiro atoms. The lowest BCUT2D eigenvalue weighted by molar-refractivity contribution is -0.141. The molecule has 6 heteroatoms. The largest absolute Gasteiger partial charge is 0.464 e. The number of nitrogen functional groups attached to an aromatic ring is 1. The molecule has 5 nitrogen and oxygen atoms in total. The highest BCUT2D eigenvalue weighted by molar-refractivity contribution is 9.10. The Balaban J connectivity index is 2.13. The van der Waals surface area contributed by atoms with Crippen molar-refractivity contribution in [3.05, 3.63) is 16.7 Å². The Morgan fingerprint density at radius 1 is 1.72 bits per heavy atom. The van der Waals surface area contributed by atoms with Crippen LogP contribution in [0.3, 0.4) is 0 Å². The lowest BCUT2D eigenvalue weighted by Crippen LogP contribution is -2.34. The average molecular weight is 314 g/mol. The standard InChI is InChI=1S/C12H16BrN3O2/c1-8(17)18-7-10-3-2-4-16(10)12-11(14)5-9(13)6-15-12/h5-6,10H,2-4,7,14H2,1H3. The molecule has 1 aliphatic heterocycles. The van der Waals surface area contributed by atoms with E-state index in [1.807, 2.05) is 6.07 Å². The smallest absolute Gasteiger partial charge is 0.302 e. The lowest BCUT2D eigenvalue weighted by Gasteiger charge is -2.26. The molecule has 0 saturated carbocycles. The quantitative estimate of drug-likeness (QED) is 0.864. The van der Waals surface area contributed by atoms with Crippen LogP contribution in [0.5, 0.6) is 0 Å². The van der Waals surface area contributed by atoms with Gasteiger partial charge in [-0.25, -0.2) is 4.98 Å². The van der Waals surface area contributed by atoms with Crippen molar-refractivity contribution in [1.82, 2.24) is 4.98 Å². The van der Waals surface area contributed by atoms with Crippen LogP contribution in [0.4, 0.5) is 11.5 Å². The van der Waals surface area contributed by atoms with E-state index in [0.29, 0.717) is 12.3 Å². The summed E-state index contributed by atoms with van der Waals surface area (Å²) in [5, 5.41) is 0. The third-order valence-electron chi connectivity index (χ3n) is 2.99. The normalized spacial score (nSPS) is 19.0. The average Bonchev–Trinajstić information content (AvgIpc) is 2.74. The maximum atomic E-state index is 10.9. The van der Waals surface area contributed by atoms with E-state index >= 15 is 0 Å². The Morgan fingerprint density at radius 2 is 2.50 bits per heavy atom. The second kappa shape index (κ2) is 5.56. The van der Waals surface area contributed by atoms with Crippen LogP contribution >= 0.6 is 15.9 Å². The maximum Gasteiger partial charge on any atom is 0.302 e. The van der Waals surface area contributed by atoms with Gasteiger partial charge in [0.25, 0.3) is 0 Å². The fourth-order valence-electron chi connectivity index (χ4n) is 2.19. The van der Waals surface area contributed by atoms with E-state index in [2.05, 4.69) is 25.8 Å². The Hall–Kier alpha value is -1.30. The summed E-state index contributed by atoms with van der Waals surface area (Å²) in [5.74, 6) is 0.520. The molecular weight excluding hydrogens is 298 g/mol. The first kappa shape index (κ1) is 13.1. The third kappa shape index (κ3) is 2.93. The minimum absolute atomic E-state index is 0.171. The van der Waals surface area contributed by atoms with Crippen molar-refractivity contribution in [3.63, 3.8) is 0 Å². The predicted octanol–water partition coefficient (Wildman–Crippen LogP) is 1.96. The van der Waals surface area contributed by atoms with Gasteiger partial charge in [0.15, 0.2) is 5.82 Å². The topological polar surface area (TPSA) is 68.5 Å². The molecule has 0 bridgehead atoms. The van der Waals surface area contributed by atoms with Gasteiger partial charge in [-0.3, -0.25) is 4.79 Å². The fraction of sp³-hybridized carbons (Fsp3) is 0.500. The number of halogens is 1. The zero-order chi connectivity index (χ0) is 13.1. The van der Waals surface area contributed by atoms with Crippen molar-refractivity contribution in [2.45, 2.75) is 25.8 Å². The van der Waals surface area contributed by atoms with Crippen molar-refractivity contribution < 1.29 is 9.53 Å². The summed E-state index contributed by atoms with van der Waals surface area (Å²) < 4.78 is 5.94. The molecule has 1 unspecified atom stereocenters. The van der Waals surface area contributed by atoms with Crippen LogP contribution in [0.1, 0.15) is 19.8 Å². The molecule has 1 aliphatic rings. The van der Waals surface area contributed by atoms with Crippen molar-refractivity contribution in [1.29, 1.82) is 0 Å². The Labute approximate surface area is 114 Å². The summed E-state index contributed by atoms with van der Waals surface area (Å²) in [6, 6.07) is 2.01. The minimum Gasteiger partial charge on any atom is -0.464 e. The summed E-state index contributed by atoms with van der Waals surface area (Å²) in [7, 11) is 0. The molecule has 2 heterocycles. The van der Waals surface area contributed by atoms with Gasteiger partial charge >= 0.3 is 5.97 Å². The summed E-state index contributed by atoms with van der Waals surface area (Å²) in [5.41, 5.74) is 6.62. The van der Waals surface area contributed by atoms with Crippen molar-refractivity contribution in [2.24, 2.45) is 0 Å². The molecule has 1 aromatic rings. The Morgan fingerprint density at radius 3 is 3.17 bits per heavy atom. The van der Waals surface area contributed by atoms with Gasteiger partial charge in [0.05, 0.1) is 11.7 Å². The molecule has 0 amide bonds. The first-order chi connectivity index (χ1) is 8.58. The van der Waals surface area contributed by atoms with Crippen LogP contribution in [0, 0.1) is 0 Å². The molecule has 1 saturated heterocycles. The summed E-state index contributed by atoms with van der Waals surface area (Å²) in [6.45, 7) is 2.71. The van der Waals surface area contributed by atoms with Crippen LogP contribution in [-0.4, -0.2) is 30.1 Å². The van der Waals surface area contributed by atoms with Gasteiger partial charge in [-0.15, -0.1) is 0 Å². The number of ether oxygens (including phenoxy) is 1. The second-order valence-corrected chi connectivity index (χ2v) is 5.27. The van der Waals surface area contributed by atoms with Crippen molar-refractivity contribution >= 4 is 33.4 Å². The summed E-state index contributed by atoms with van der Waals surface area (Å²) in [4.78, 5) is 17.3. The Kier molecular flexibility index (Phi) is 4.06. The van der Waals surface area contributed by atoms with E-state index in [-0.39, 0.29) is 12.0 Å².